The van der Waals surface area contributed by atoms with Crippen LogP contribution in [0.3, 0.4) is 0 Å². The van der Waals surface area contributed by atoms with Gasteiger partial charge in [-0.05, 0) is 54.8 Å². The monoisotopic (exact) mass is 559 g/mol. The van der Waals surface area contributed by atoms with E-state index in [1.165, 1.54) is 17.4 Å². The van der Waals surface area contributed by atoms with Crippen LogP contribution in [-0.2, 0) is 16.0 Å². The molecule has 0 radical (unpaired) electrons. The molecular formula is C30H26ClN3O4S. The highest BCUT2D eigenvalue weighted by Gasteiger charge is 2.14. The molecule has 0 saturated heterocycles. The fourth-order valence-electron chi connectivity index (χ4n) is 3.60. The van der Waals surface area contributed by atoms with Gasteiger partial charge in [-0.2, -0.15) is 5.26 Å². The molecular weight excluding hydrogens is 534 g/mol. The Labute approximate surface area is 235 Å². The van der Waals surface area contributed by atoms with Crippen molar-refractivity contribution >= 4 is 46.0 Å². The number of unbranched alkanes of at least 4 members (excludes halogenated alkanes) is 1. The largest absolute Gasteiger partial charge is 0.462 e. The van der Waals surface area contributed by atoms with Gasteiger partial charge in [0.2, 0.25) is 0 Å². The van der Waals surface area contributed by atoms with Gasteiger partial charge in [-0.3, -0.25) is 10.1 Å². The molecule has 0 spiro atoms. The maximum atomic E-state index is 12.7. The van der Waals surface area contributed by atoms with E-state index in [1.54, 1.807) is 42.6 Å². The first-order valence-corrected chi connectivity index (χ1v) is 13.6. The van der Waals surface area contributed by atoms with Gasteiger partial charge in [0.1, 0.15) is 23.2 Å². The number of anilines is 1. The molecule has 4 rings (SSSR count). The summed E-state index contributed by atoms with van der Waals surface area (Å²) in [6.07, 6.45) is 5.47. The normalized spacial score (nSPS) is 11.2. The summed E-state index contributed by atoms with van der Waals surface area (Å²) in [7, 11) is 0. The summed E-state index contributed by atoms with van der Waals surface area (Å²) in [5, 5.41) is 13.3. The Balaban J connectivity index is 1.39. The van der Waals surface area contributed by atoms with E-state index in [4.69, 9.17) is 20.8 Å². The van der Waals surface area contributed by atoms with Crippen molar-refractivity contribution < 1.29 is 18.7 Å². The lowest BCUT2D eigenvalue weighted by Crippen LogP contribution is -2.13. The van der Waals surface area contributed by atoms with E-state index in [0.29, 0.717) is 40.3 Å². The van der Waals surface area contributed by atoms with Crippen LogP contribution in [-0.4, -0.2) is 23.5 Å². The number of ether oxygens (including phenoxy) is 1. The van der Waals surface area contributed by atoms with Crippen LogP contribution in [0.1, 0.15) is 51.9 Å². The number of benzene rings is 2. The second-order valence-corrected chi connectivity index (χ2v) is 10.3. The zero-order chi connectivity index (χ0) is 27.8. The highest BCUT2D eigenvalue weighted by Crippen LogP contribution is 2.26. The van der Waals surface area contributed by atoms with E-state index in [9.17, 15) is 14.9 Å². The number of nitrogens with one attached hydrogen (secondary N) is 1. The molecule has 0 saturated carbocycles. The van der Waals surface area contributed by atoms with Crippen LogP contribution in [0.25, 0.3) is 17.4 Å². The molecule has 4 aromatic rings. The lowest BCUT2D eigenvalue weighted by Gasteiger charge is -2.04. The number of halogens is 1. The Morgan fingerprint density at radius 1 is 1.18 bits per heavy atom. The Morgan fingerprint density at radius 2 is 1.97 bits per heavy atom. The van der Waals surface area contributed by atoms with Crippen molar-refractivity contribution in [2.24, 2.45) is 0 Å². The number of hydrogen-bond acceptors (Lipinski definition) is 7. The van der Waals surface area contributed by atoms with Crippen molar-refractivity contribution in [1.82, 2.24) is 4.98 Å². The molecule has 9 heteroatoms. The van der Waals surface area contributed by atoms with Crippen LogP contribution >= 0.6 is 22.9 Å². The molecule has 1 amide bonds. The number of nitriles is 1. The van der Waals surface area contributed by atoms with Crippen LogP contribution in [0.5, 0.6) is 0 Å². The minimum absolute atomic E-state index is 0.122. The number of hydrogen-bond donors (Lipinski definition) is 1. The Kier molecular flexibility index (Phi) is 9.31. The van der Waals surface area contributed by atoms with E-state index in [0.717, 1.165) is 34.4 Å². The van der Waals surface area contributed by atoms with Gasteiger partial charge < -0.3 is 9.15 Å². The number of carbonyl (C=O) groups is 2. The number of nitrogens with zero attached hydrogens (tertiary/aromatic N) is 2. The zero-order valence-corrected chi connectivity index (χ0v) is 23.1. The summed E-state index contributed by atoms with van der Waals surface area (Å²) in [5.41, 5.74) is 3.13. The molecule has 7 nitrogen and oxygen atoms in total. The van der Waals surface area contributed by atoms with Crippen LogP contribution in [0.4, 0.5) is 5.13 Å². The number of aromatic nitrogens is 1. The van der Waals surface area contributed by atoms with Gasteiger partial charge in [-0.25, -0.2) is 9.78 Å². The summed E-state index contributed by atoms with van der Waals surface area (Å²) >= 11 is 7.55. The third-order valence-electron chi connectivity index (χ3n) is 5.80. The van der Waals surface area contributed by atoms with Crippen molar-refractivity contribution in [2.75, 3.05) is 11.9 Å². The second kappa shape index (κ2) is 13.1. The lowest BCUT2D eigenvalue weighted by molar-refractivity contribution is -0.112. The summed E-state index contributed by atoms with van der Waals surface area (Å²) in [6.45, 7) is 4.37. The molecule has 0 fully saturated rings. The average molecular weight is 560 g/mol. The van der Waals surface area contributed by atoms with Gasteiger partial charge in [0.25, 0.3) is 5.91 Å². The predicted octanol–water partition coefficient (Wildman–Crippen LogP) is 7.46. The predicted molar refractivity (Wildman–Crippen MR) is 153 cm³/mol. The van der Waals surface area contributed by atoms with E-state index < -0.39 is 5.91 Å². The maximum Gasteiger partial charge on any atom is 0.338 e. The third-order valence-corrected chi connectivity index (χ3v) is 7.12. The second-order valence-electron chi connectivity index (χ2n) is 8.78. The van der Waals surface area contributed by atoms with Crippen molar-refractivity contribution in [2.45, 2.75) is 33.1 Å². The highest BCUT2D eigenvalue weighted by atomic mass is 35.5. The van der Waals surface area contributed by atoms with Crippen LogP contribution < -0.4 is 5.32 Å². The summed E-state index contributed by atoms with van der Waals surface area (Å²) < 4.78 is 11.1. The smallest absolute Gasteiger partial charge is 0.338 e. The van der Waals surface area contributed by atoms with Gasteiger partial charge >= 0.3 is 5.97 Å². The number of amides is 1. The molecule has 1 N–H and O–H groups in total. The minimum Gasteiger partial charge on any atom is -0.462 e. The summed E-state index contributed by atoms with van der Waals surface area (Å²) in [6, 6.07) is 18.1. The van der Waals surface area contributed by atoms with E-state index >= 15 is 0 Å². The van der Waals surface area contributed by atoms with Gasteiger partial charge in [-0.15, -0.1) is 11.3 Å². The molecule has 2 heterocycles. The van der Waals surface area contributed by atoms with Crippen molar-refractivity contribution in [3.8, 4) is 17.4 Å². The molecule has 39 heavy (non-hydrogen) atoms. The fraction of sp³-hybridized carbons (Fsp3) is 0.200. The Bertz CT molecular complexity index is 1550. The molecule has 198 valence electrons. The molecule has 0 atom stereocenters. The summed E-state index contributed by atoms with van der Waals surface area (Å²) in [5.74, 6) is -0.0724. The Hall–Kier alpha value is -4.19. The van der Waals surface area contributed by atoms with Gasteiger partial charge in [0.15, 0.2) is 5.13 Å². The molecule has 0 aliphatic rings. The van der Waals surface area contributed by atoms with E-state index in [-0.39, 0.29) is 11.5 Å². The molecule has 0 aliphatic carbocycles. The van der Waals surface area contributed by atoms with Gasteiger partial charge in [0, 0.05) is 34.2 Å². The first-order valence-electron chi connectivity index (χ1n) is 12.4. The quantitative estimate of drug-likeness (QED) is 0.0935. The number of rotatable bonds is 10. The molecule has 0 aliphatic heterocycles. The first kappa shape index (κ1) is 27.8. The van der Waals surface area contributed by atoms with Crippen LogP contribution in [0, 0.1) is 18.3 Å². The van der Waals surface area contributed by atoms with Crippen molar-refractivity contribution in [3.05, 3.63) is 98.7 Å². The minimum atomic E-state index is -0.583. The third kappa shape index (κ3) is 7.44. The van der Waals surface area contributed by atoms with Crippen LogP contribution in [0.15, 0.2) is 70.8 Å². The first-order chi connectivity index (χ1) is 18.9. The van der Waals surface area contributed by atoms with Gasteiger partial charge in [0.05, 0.1) is 12.2 Å². The summed E-state index contributed by atoms with van der Waals surface area (Å²) in [4.78, 5) is 30.0. The fourth-order valence-corrected chi connectivity index (χ4v) is 4.64. The number of aryl methyl sites for hydroxylation is 1. The van der Waals surface area contributed by atoms with E-state index in [1.807, 2.05) is 38.1 Å². The maximum absolute atomic E-state index is 12.7. The standard InChI is InChI=1S/C30H26ClN3O4S/c1-3-4-13-37-29(36)22-9-7-21(8-10-22)27-12-11-24(38-27)16-23(17-32)28(35)34-30-33-18-25(39-30)14-20-6-5-19(2)26(31)15-20/h5-12,15-16,18H,3-4,13-14H2,1-2H3,(H,33,34,35)/b23-16-. The average Bonchev–Trinajstić information content (AvgIpc) is 3.59. The zero-order valence-electron chi connectivity index (χ0n) is 21.5. The van der Waals surface area contributed by atoms with Gasteiger partial charge in [-0.1, -0.05) is 49.2 Å². The molecule has 2 aromatic heterocycles. The SMILES string of the molecule is CCCCOC(=O)c1ccc(-c2ccc(/C=C(/C#N)C(=O)Nc3ncc(Cc4ccc(C)c(Cl)c4)s3)o2)cc1. The van der Waals surface area contributed by atoms with Crippen molar-refractivity contribution in [1.29, 1.82) is 5.26 Å². The van der Waals surface area contributed by atoms with E-state index in [2.05, 4.69) is 10.3 Å². The number of thiazole rings is 1. The lowest BCUT2D eigenvalue weighted by atomic mass is 10.1. The Morgan fingerprint density at radius 3 is 2.69 bits per heavy atom. The molecule has 0 unspecified atom stereocenters. The topological polar surface area (TPSA) is 105 Å². The highest BCUT2D eigenvalue weighted by molar-refractivity contribution is 7.15. The number of esters is 1. The molecule has 2 aromatic carbocycles. The molecule has 0 bridgehead atoms. The van der Waals surface area contributed by atoms with Crippen molar-refractivity contribution in [3.63, 3.8) is 0 Å². The van der Waals surface area contributed by atoms with Crippen LogP contribution in [0.2, 0.25) is 5.02 Å². The number of furan rings is 1. The number of carbonyl (C=O) groups excluding carboxylic acids is 2.